The number of benzene rings is 1. The third-order valence-electron chi connectivity index (χ3n) is 4.13. The Balaban J connectivity index is 1.89. The van der Waals surface area contributed by atoms with E-state index in [1.165, 1.54) is 0 Å². The molecule has 1 saturated heterocycles. The molecule has 1 aliphatic heterocycles. The van der Waals surface area contributed by atoms with Crippen LogP contribution in [0.3, 0.4) is 0 Å². The van der Waals surface area contributed by atoms with Crippen LogP contribution in [-0.4, -0.2) is 36.2 Å². The second kappa shape index (κ2) is 6.18. The SMILES string of the molecule is Cc1cc(CN(c2ccc(N)c(Cl)c2)[C@H]2CCN(C)C2)no1. The van der Waals surface area contributed by atoms with Gasteiger partial charge >= 0.3 is 0 Å². The Labute approximate surface area is 135 Å². The molecule has 0 amide bonds. The number of aryl methyl sites for hydroxylation is 1. The van der Waals surface area contributed by atoms with E-state index in [4.69, 9.17) is 21.9 Å². The number of nitrogen functional groups attached to an aromatic ring is 1. The molecular formula is C16H21ClN4O. The van der Waals surface area contributed by atoms with Crippen molar-refractivity contribution in [2.45, 2.75) is 25.9 Å². The molecule has 118 valence electrons. The molecule has 0 bridgehead atoms. The molecule has 1 aromatic heterocycles. The number of likely N-dealkylation sites (tertiary alicyclic amines) is 1. The van der Waals surface area contributed by atoms with E-state index in [0.29, 0.717) is 23.3 Å². The van der Waals surface area contributed by atoms with Gasteiger partial charge in [0.15, 0.2) is 0 Å². The molecule has 1 atom stereocenters. The average molecular weight is 321 g/mol. The van der Waals surface area contributed by atoms with E-state index >= 15 is 0 Å². The zero-order valence-electron chi connectivity index (χ0n) is 12.9. The zero-order valence-corrected chi connectivity index (χ0v) is 13.7. The van der Waals surface area contributed by atoms with Crippen LogP contribution in [0.1, 0.15) is 17.9 Å². The van der Waals surface area contributed by atoms with Crippen LogP contribution in [0.25, 0.3) is 0 Å². The number of hydrogen-bond acceptors (Lipinski definition) is 5. The number of hydrogen-bond donors (Lipinski definition) is 1. The van der Waals surface area contributed by atoms with Crippen molar-refractivity contribution in [1.29, 1.82) is 0 Å². The number of anilines is 2. The van der Waals surface area contributed by atoms with E-state index in [2.05, 4.69) is 22.0 Å². The monoisotopic (exact) mass is 320 g/mol. The van der Waals surface area contributed by atoms with E-state index in [1.54, 1.807) is 0 Å². The highest BCUT2D eigenvalue weighted by atomic mass is 35.5. The molecule has 5 nitrogen and oxygen atoms in total. The summed E-state index contributed by atoms with van der Waals surface area (Å²) >= 11 is 6.20. The number of nitrogens with zero attached hydrogens (tertiary/aromatic N) is 3. The van der Waals surface area contributed by atoms with Crippen LogP contribution in [-0.2, 0) is 6.54 Å². The summed E-state index contributed by atoms with van der Waals surface area (Å²) in [6.45, 7) is 4.74. The molecule has 1 aromatic carbocycles. The van der Waals surface area contributed by atoms with E-state index in [0.717, 1.165) is 36.7 Å². The molecule has 1 fully saturated rings. The Kier molecular flexibility index (Phi) is 4.27. The summed E-state index contributed by atoms with van der Waals surface area (Å²) in [4.78, 5) is 4.68. The Morgan fingerprint density at radius 2 is 2.27 bits per heavy atom. The third-order valence-corrected chi connectivity index (χ3v) is 4.46. The highest BCUT2D eigenvalue weighted by Gasteiger charge is 2.27. The van der Waals surface area contributed by atoms with Crippen molar-refractivity contribution in [3.63, 3.8) is 0 Å². The van der Waals surface area contributed by atoms with Crippen molar-refractivity contribution in [3.05, 3.63) is 40.7 Å². The van der Waals surface area contributed by atoms with Crippen LogP contribution in [0.5, 0.6) is 0 Å². The summed E-state index contributed by atoms with van der Waals surface area (Å²) in [7, 11) is 2.15. The van der Waals surface area contributed by atoms with E-state index in [9.17, 15) is 0 Å². The van der Waals surface area contributed by atoms with E-state index in [-0.39, 0.29) is 0 Å². The van der Waals surface area contributed by atoms with Crippen molar-refractivity contribution < 1.29 is 4.52 Å². The van der Waals surface area contributed by atoms with Gasteiger partial charge in [-0.05, 0) is 45.1 Å². The van der Waals surface area contributed by atoms with Crippen molar-refractivity contribution in [2.24, 2.45) is 0 Å². The van der Waals surface area contributed by atoms with Crippen LogP contribution in [0, 0.1) is 6.92 Å². The Morgan fingerprint density at radius 3 is 2.86 bits per heavy atom. The van der Waals surface area contributed by atoms with Crippen molar-refractivity contribution in [3.8, 4) is 0 Å². The molecule has 6 heteroatoms. The lowest BCUT2D eigenvalue weighted by atomic mass is 10.1. The van der Waals surface area contributed by atoms with Crippen LogP contribution >= 0.6 is 11.6 Å². The number of rotatable bonds is 4. The first-order valence-electron chi connectivity index (χ1n) is 7.45. The number of nitrogens with two attached hydrogens (primary N) is 1. The molecule has 2 heterocycles. The van der Waals surface area contributed by atoms with Gasteiger partial charge in [-0.25, -0.2) is 0 Å². The summed E-state index contributed by atoms with van der Waals surface area (Å²) in [5, 5.41) is 4.71. The predicted molar refractivity (Wildman–Crippen MR) is 89.2 cm³/mol. The highest BCUT2D eigenvalue weighted by Crippen LogP contribution is 2.30. The normalized spacial score (nSPS) is 18.8. The molecule has 0 aliphatic carbocycles. The van der Waals surface area contributed by atoms with Gasteiger partial charge in [-0.1, -0.05) is 16.8 Å². The van der Waals surface area contributed by atoms with Gasteiger partial charge < -0.3 is 20.1 Å². The van der Waals surface area contributed by atoms with E-state index < -0.39 is 0 Å². The van der Waals surface area contributed by atoms with Crippen LogP contribution in [0.4, 0.5) is 11.4 Å². The van der Waals surface area contributed by atoms with Gasteiger partial charge in [0.2, 0.25) is 0 Å². The Morgan fingerprint density at radius 1 is 1.45 bits per heavy atom. The molecule has 0 spiro atoms. The first-order chi connectivity index (χ1) is 10.5. The Hall–Kier alpha value is -1.72. The van der Waals surface area contributed by atoms with Gasteiger partial charge in [0.05, 0.1) is 17.3 Å². The molecule has 2 aromatic rings. The molecule has 1 aliphatic rings. The fraction of sp³-hybridized carbons (Fsp3) is 0.438. The maximum absolute atomic E-state index is 6.20. The number of aromatic nitrogens is 1. The fourth-order valence-corrected chi connectivity index (χ4v) is 3.13. The standard InChI is InChI=1S/C16H21ClN4O/c1-11-7-12(19-22-11)9-21(14-5-6-20(2)10-14)13-3-4-16(18)15(17)8-13/h3-4,7-8,14H,5-6,9-10,18H2,1-2H3/t14-/m0/s1. The second-order valence-corrected chi connectivity index (χ2v) is 6.37. The van der Waals surface area contributed by atoms with Crippen molar-refractivity contribution in [2.75, 3.05) is 30.8 Å². The van der Waals surface area contributed by atoms with Gasteiger partial charge in [-0.2, -0.15) is 0 Å². The van der Waals surface area contributed by atoms with E-state index in [1.807, 2.05) is 31.2 Å². The highest BCUT2D eigenvalue weighted by molar-refractivity contribution is 6.33. The first-order valence-corrected chi connectivity index (χ1v) is 7.83. The summed E-state index contributed by atoms with van der Waals surface area (Å²) in [6, 6.07) is 8.22. The maximum Gasteiger partial charge on any atom is 0.133 e. The molecule has 0 radical (unpaired) electrons. The lowest BCUT2D eigenvalue weighted by molar-refractivity contribution is 0.387. The minimum Gasteiger partial charge on any atom is -0.398 e. The predicted octanol–water partition coefficient (Wildman–Crippen LogP) is 2.93. The minimum absolute atomic E-state index is 0.432. The molecule has 0 unspecified atom stereocenters. The van der Waals surface area contributed by atoms with Gasteiger partial charge in [0, 0.05) is 24.3 Å². The molecule has 22 heavy (non-hydrogen) atoms. The van der Waals surface area contributed by atoms with Gasteiger partial charge in [-0.3, -0.25) is 0 Å². The van der Waals surface area contributed by atoms with Crippen LogP contribution in [0.2, 0.25) is 5.02 Å². The summed E-state index contributed by atoms with van der Waals surface area (Å²) in [5.74, 6) is 0.828. The topological polar surface area (TPSA) is 58.5 Å². The molecule has 3 rings (SSSR count). The van der Waals surface area contributed by atoms with Gasteiger partial charge in [-0.15, -0.1) is 0 Å². The number of likely N-dealkylation sites (N-methyl/N-ethyl adjacent to an activating group) is 1. The van der Waals surface area contributed by atoms with Gasteiger partial charge in [0.1, 0.15) is 11.5 Å². The minimum atomic E-state index is 0.432. The summed E-state index contributed by atoms with van der Waals surface area (Å²) in [5.41, 5.74) is 8.44. The second-order valence-electron chi connectivity index (χ2n) is 5.97. The molecular weight excluding hydrogens is 300 g/mol. The Bertz CT molecular complexity index is 657. The molecule has 2 N–H and O–H groups in total. The lowest BCUT2D eigenvalue weighted by Crippen LogP contribution is -2.36. The largest absolute Gasteiger partial charge is 0.398 e. The van der Waals surface area contributed by atoms with Crippen molar-refractivity contribution >= 4 is 23.0 Å². The number of halogens is 1. The van der Waals surface area contributed by atoms with Crippen molar-refractivity contribution in [1.82, 2.24) is 10.1 Å². The molecule has 0 saturated carbocycles. The summed E-state index contributed by atoms with van der Waals surface area (Å²) in [6.07, 6.45) is 1.12. The lowest BCUT2D eigenvalue weighted by Gasteiger charge is -2.30. The fourth-order valence-electron chi connectivity index (χ4n) is 2.96. The zero-order chi connectivity index (χ0) is 15.7. The van der Waals surface area contributed by atoms with Crippen LogP contribution < -0.4 is 10.6 Å². The van der Waals surface area contributed by atoms with Crippen LogP contribution in [0.15, 0.2) is 28.8 Å². The quantitative estimate of drug-likeness (QED) is 0.878. The maximum atomic E-state index is 6.20. The average Bonchev–Trinajstić information content (AvgIpc) is 3.08. The third kappa shape index (κ3) is 3.20. The first kappa shape index (κ1) is 15.2. The van der Waals surface area contributed by atoms with Gasteiger partial charge in [0.25, 0.3) is 0 Å². The smallest absolute Gasteiger partial charge is 0.133 e. The summed E-state index contributed by atoms with van der Waals surface area (Å²) < 4.78 is 5.19.